The molecule has 0 amide bonds. The number of aliphatic carboxylic acids is 1. The highest BCUT2D eigenvalue weighted by Gasteiger charge is 2.17. The SMILES string of the molecule is CO/N=C(\C)c1cccc(OCc2ccccc2/C(=N\OC)C(=O)O)c1. The van der Waals surface area contributed by atoms with Crippen molar-refractivity contribution in [1.82, 2.24) is 0 Å². The number of oxime groups is 2. The molecule has 0 spiro atoms. The molecule has 26 heavy (non-hydrogen) atoms. The molecule has 2 rings (SSSR count). The summed E-state index contributed by atoms with van der Waals surface area (Å²) < 4.78 is 5.83. The Hall–Kier alpha value is -3.35. The number of rotatable bonds is 8. The van der Waals surface area contributed by atoms with Gasteiger partial charge >= 0.3 is 5.97 Å². The second-order valence-corrected chi connectivity index (χ2v) is 5.26. The highest BCUT2D eigenvalue weighted by molar-refractivity contribution is 6.42. The van der Waals surface area contributed by atoms with E-state index in [4.69, 9.17) is 9.57 Å². The molecule has 0 saturated carbocycles. The van der Waals surface area contributed by atoms with Crippen molar-refractivity contribution >= 4 is 17.4 Å². The molecule has 0 aliphatic carbocycles. The topological polar surface area (TPSA) is 89.7 Å². The van der Waals surface area contributed by atoms with Crippen LogP contribution in [-0.2, 0) is 21.1 Å². The van der Waals surface area contributed by atoms with Crippen molar-refractivity contribution in [2.45, 2.75) is 13.5 Å². The van der Waals surface area contributed by atoms with Gasteiger partial charge in [-0.05, 0) is 24.6 Å². The Labute approximate surface area is 151 Å². The van der Waals surface area contributed by atoms with E-state index in [9.17, 15) is 9.90 Å². The molecular formula is C19H20N2O5. The highest BCUT2D eigenvalue weighted by Crippen LogP contribution is 2.18. The second kappa shape index (κ2) is 9.22. The van der Waals surface area contributed by atoms with Gasteiger partial charge in [-0.25, -0.2) is 4.79 Å². The molecule has 0 radical (unpaired) electrons. The number of ether oxygens (including phenoxy) is 1. The predicted octanol–water partition coefficient (Wildman–Crippen LogP) is 3.07. The summed E-state index contributed by atoms with van der Waals surface area (Å²) in [5.74, 6) is -0.545. The molecule has 136 valence electrons. The van der Waals surface area contributed by atoms with E-state index in [1.807, 2.05) is 31.2 Å². The Morgan fingerprint density at radius 1 is 1.04 bits per heavy atom. The van der Waals surface area contributed by atoms with Crippen molar-refractivity contribution in [3.63, 3.8) is 0 Å². The minimum absolute atomic E-state index is 0.177. The number of hydrogen-bond donors (Lipinski definition) is 1. The molecular weight excluding hydrogens is 336 g/mol. The van der Waals surface area contributed by atoms with Crippen molar-refractivity contribution in [2.75, 3.05) is 14.2 Å². The van der Waals surface area contributed by atoms with Crippen LogP contribution in [0.4, 0.5) is 0 Å². The lowest BCUT2D eigenvalue weighted by Crippen LogP contribution is -2.17. The Balaban J connectivity index is 2.23. The van der Waals surface area contributed by atoms with E-state index in [2.05, 4.69) is 15.1 Å². The van der Waals surface area contributed by atoms with E-state index in [1.165, 1.54) is 14.2 Å². The third kappa shape index (κ3) is 4.83. The van der Waals surface area contributed by atoms with E-state index >= 15 is 0 Å². The first-order valence-corrected chi connectivity index (χ1v) is 7.80. The van der Waals surface area contributed by atoms with Gasteiger partial charge in [0.05, 0.1) is 5.71 Å². The van der Waals surface area contributed by atoms with E-state index in [0.29, 0.717) is 16.9 Å². The Kier molecular flexibility index (Phi) is 6.73. The second-order valence-electron chi connectivity index (χ2n) is 5.26. The van der Waals surface area contributed by atoms with Crippen LogP contribution >= 0.6 is 0 Å². The summed E-state index contributed by atoms with van der Waals surface area (Å²) in [5, 5.41) is 16.8. The monoisotopic (exact) mass is 356 g/mol. The number of benzene rings is 2. The van der Waals surface area contributed by atoms with Crippen molar-refractivity contribution < 1.29 is 24.3 Å². The number of carbonyl (C=O) groups is 1. The lowest BCUT2D eigenvalue weighted by molar-refractivity contribution is -0.129. The molecule has 2 aromatic carbocycles. The van der Waals surface area contributed by atoms with Gasteiger partial charge in [-0.15, -0.1) is 0 Å². The zero-order valence-corrected chi connectivity index (χ0v) is 14.8. The largest absolute Gasteiger partial charge is 0.489 e. The van der Waals surface area contributed by atoms with Crippen molar-refractivity contribution in [1.29, 1.82) is 0 Å². The first-order valence-electron chi connectivity index (χ1n) is 7.80. The molecule has 0 saturated heterocycles. The lowest BCUT2D eigenvalue weighted by Gasteiger charge is -2.11. The molecule has 0 aliphatic rings. The summed E-state index contributed by atoms with van der Waals surface area (Å²) in [6, 6.07) is 14.4. The Morgan fingerprint density at radius 3 is 2.46 bits per heavy atom. The predicted molar refractivity (Wildman–Crippen MR) is 97.6 cm³/mol. The molecule has 0 bridgehead atoms. The first-order chi connectivity index (χ1) is 12.6. The number of carboxylic acids is 1. The quantitative estimate of drug-likeness (QED) is 0.580. The Bertz CT molecular complexity index is 830. The maximum atomic E-state index is 11.4. The minimum Gasteiger partial charge on any atom is -0.489 e. The van der Waals surface area contributed by atoms with Crippen molar-refractivity contribution in [3.8, 4) is 5.75 Å². The fourth-order valence-corrected chi connectivity index (χ4v) is 2.33. The number of carboxylic acid groups (broad SMARTS) is 1. The highest BCUT2D eigenvalue weighted by atomic mass is 16.6. The van der Waals surface area contributed by atoms with Crippen LogP contribution in [0.2, 0.25) is 0 Å². The maximum Gasteiger partial charge on any atom is 0.358 e. The van der Waals surface area contributed by atoms with Gasteiger partial charge in [-0.3, -0.25) is 0 Å². The Morgan fingerprint density at radius 2 is 1.77 bits per heavy atom. The van der Waals surface area contributed by atoms with Gasteiger partial charge in [0.2, 0.25) is 0 Å². The number of hydrogen-bond acceptors (Lipinski definition) is 6. The maximum absolute atomic E-state index is 11.4. The first kappa shape index (κ1) is 19.0. The molecule has 0 fully saturated rings. The summed E-state index contributed by atoms with van der Waals surface area (Å²) in [4.78, 5) is 20.8. The van der Waals surface area contributed by atoms with E-state index in [0.717, 1.165) is 11.3 Å². The zero-order valence-electron chi connectivity index (χ0n) is 14.8. The van der Waals surface area contributed by atoms with Crippen LogP contribution in [0, 0.1) is 0 Å². The van der Waals surface area contributed by atoms with Crippen molar-refractivity contribution in [2.24, 2.45) is 10.3 Å². The molecule has 0 unspecified atom stereocenters. The van der Waals surface area contributed by atoms with E-state index < -0.39 is 5.97 Å². The summed E-state index contributed by atoms with van der Waals surface area (Å²) in [6.07, 6.45) is 0. The number of nitrogens with zero attached hydrogens (tertiary/aromatic N) is 2. The third-order valence-electron chi connectivity index (χ3n) is 3.53. The minimum atomic E-state index is -1.17. The smallest absolute Gasteiger partial charge is 0.358 e. The van der Waals surface area contributed by atoms with Gasteiger partial charge in [0, 0.05) is 11.1 Å². The summed E-state index contributed by atoms with van der Waals surface area (Å²) in [6.45, 7) is 2.01. The van der Waals surface area contributed by atoms with E-state index in [-0.39, 0.29) is 12.3 Å². The van der Waals surface area contributed by atoms with Crippen LogP contribution < -0.4 is 4.74 Å². The fraction of sp³-hybridized carbons (Fsp3) is 0.211. The molecule has 2 aromatic rings. The van der Waals surface area contributed by atoms with Gasteiger partial charge < -0.3 is 19.5 Å². The molecule has 7 nitrogen and oxygen atoms in total. The molecule has 0 atom stereocenters. The van der Waals surface area contributed by atoms with Gasteiger partial charge in [0.1, 0.15) is 26.6 Å². The van der Waals surface area contributed by atoms with Gasteiger partial charge in [0.25, 0.3) is 0 Å². The van der Waals surface area contributed by atoms with Crippen LogP contribution in [0.3, 0.4) is 0 Å². The summed E-state index contributed by atoms with van der Waals surface area (Å²) in [7, 11) is 2.79. The fourth-order valence-electron chi connectivity index (χ4n) is 2.33. The lowest BCUT2D eigenvalue weighted by atomic mass is 10.0. The zero-order chi connectivity index (χ0) is 18.9. The van der Waals surface area contributed by atoms with Crippen LogP contribution in [0.5, 0.6) is 5.75 Å². The van der Waals surface area contributed by atoms with Gasteiger partial charge in [-0.1, -0.05) is 46.7 Å². The van der Waals surface area contributed by atoms with Gasteiger partial charge in [-0.2, -0.15) is 0 Å². The van der Waals surface area contributed by atoms with Crippen LogP contribution in [0.1, 0.15) is 23.6 Å². The molecule has 0 aromatic heterocycles. The standard InChI is InChI=1S/C19H20N2O5/c1-13(20-24-2)14-8-6-9-16(11-14)26-12-15-7-4-5-10-17(15)18(19(22)23)21-25-3/h4-11H,12H2,1-3H3,(H,22,23)/b20-13+,21-18+. The average molecular weight is 356 g/mol. The molecule has 1 N–H and O–H groups in total. The van der Waals surface area contributed by atoms with Crippen molar-refractivity contribution in [3.05, 3.63) is 65.2 Å². The average Bonchev–Trinajstić information content (AvgIpc) is 2.65. The molecule has 0 heterocycles. The van der Waals surface area contributed by atoms with Crippen LogP contribution in [0.15, 0.2) is 58.8 Å². The summed E-state index contributed by atoms with van der Waals surface area (Å²) in [5.41, 5.74) is 2.53. The van der Waals surface area contributed by atoms with E-state index in [1.54, 1.807) is 24.3 Å². The summed E-state index contributed by atoms with van der Waals surface area (Å²) >= 11 is 0. The van der Waals surface area contributed by atoms with Gasteiger partial charge in [0.15, 0.2) is 5.71 Å². The third-order valence-corrected chi connectivity index (χ3v) is 3.53. The molecule has 7 heteroatoms. The van der Waals surface area contributed by atoms with Crippen LogP contribution in [-0.4, -0.2) is 36.7 Å². The normalized spacial score (nSPS) is 11.8. The van der Waals surface area contributed by atoms with Crippen LogP contribution in [0.25, 0.3) is 0 Å². The molecule has 0 aliphatic heterocycles.